The lowest BCUT2D eigenvalue weighted by atomic mass is 10.0. The molecule has 3 nitrogen and oxygen atoms in total. The Bertz CT molecular complexity index is 776. The van der Waals surface area contributed by atoms with Crippen molar-refractivity contribution in [3.63, 3.8) is 0 Å². The zero-order valence-corrected chi connectivity index (χ0v) is 17.8. The molecule has 6 heteroatoms. The van der Waals surface area contributed by atoms with E-state index in [2.05, 4.69) is 63.1 Å². The van der Waals surface area contributed by atoms with Gasteiger partial charge in [0.05, 0.1) is 11.6 Å². The molecule has 1 heterocycles. The summed E-state index contributed by atoms with van der Waals surface area (Å²) in [4.78, 5) is 4.76. The number of hydrogen-bond donors (Lipinski definition) is 0. The van der Waals surface area contributed by atoms with Gasteiger partial charge >= 0.3 is 0 Å². The minimum atomic E-state index is 0. The van der Waals surface area contributed by atoms with Gasteiger partial charge in [-0.15, -0.1) is 24.8 Å². The topological polar surface area (TPSA) is 30.3 Å². The van der Waals surface area contributed by atoms with Gasteiger partial charge in [0, 0.05) is 41.9 Å². The van der Waals surface area contributed by atoms with Crippen molar-refractivity contribution in [2.24, 2.45) is 0 Å². The molecule has 0 radical (unpaired) electrons. The second-order valence-electron chi connectivity index (χ2n) is 6.03. The molecular weight excluding hydrogens is 433 g/mol. The first-order chi connectivity index (χ1) is 11.7. The first-order valence-corrected chi connectivity index (χ1v) is 8.87. The summed E-state index contributed by atoms with van der Waals surface area (Å²) in [6, 6.07) is 18.6. The summed E-state index contributed by atoms with van der Waals surface area (Å²) >= 11 is 3.52. The zero-order chi connectivity index (χ0) is 16.9. The average molecular weight is 455 g/mol. The highest BCUT2D eigenvalue weighted by Crippen LogP contribution is 2.26. The minimum Gasteiger partial charge on any atom is -0.369 e. The van der Waals surface area contributed by atoms with Crippen LogP contribution < -0.4 is 4.90 Å². The van der Waals surface area contributed by atoms with Gasteiger partial charge in [-0.25, -0.2) is 0 Å². The van der Waals surface area contributed by atoms with Crippen molar-refractivity contribution in [1.82, 2.24) is 4.90 Å². The molecular formula is C20H22BrCl2N3. The number of nitriles is 1. The standard InChI is InChI=1S/C20H20BrN3.2ClH/c1-23-10-12-24(13-11-23)18-8-6-16(7-9-18)14-17(15-22)19-4-2-3-5-20(19)21;;/h2-9,14H,10-13H2,1H3;2*1H. The lowest BCUT2D eigenvalue weighted by Gasteiger charge is -2.34. The second kappa shape index (κ2) is 10.6. The van der Waals surface area contributed by atoms with E-state index in [9.17, 15) is 5.26 Å². The number of piperazine rings is 1. The molecule has 1 saturated heterocycles. The van der Waals surface area contributed by atoms with Crippen LogP contribution in [-0.4, -0.2) is 38.1 Å². The number of allylic oxidation sites excluding steroid dienone is 1. The molecule has 138 valence electrons. The number of benzene rings is 2. The van der Waals surface area contributed by atoms with Crippen LogP contribution in [0.5, 0.6) is 0 Å². The monoisotopic (exact) mass is 453 g/mol. The van der Waals surface area contributed by atoms with Crippen LogP contribution in [0.2, 0.25) is 0 Å². The van der Waals surface area contributed by atoms with Crippen LogP contribution in [0.25, 0.3) is 11.6 Å². The Balaban J connectivity index is 0.00000169. The number of anilines is 1. The van der Waals surface area contributed by atoms with Crippen LogP contribution in [0.4, 0.5) is 5.69 Å². The maximum atomic E-state index is 9.50. The van der Waals surface area contributed by atoms with Crippen LogP contribution in [0, 0.1) is 11.3 Å². The van der Waals surface area contributed by atoms with E-state index in [1.807, 2.05) is 30.3 Å². The van der Waals surface area contributed by atoms with Crippen LogP contribution in [-0.2, 0) is 0 Å². The molecule has 1 aliphatic heterocycles. The summed E-state index contributed by atoms with van der Waals surface area (Å²) in [5.41, 5.74) is 3.87. The first kappa shape index (κ1) is 22.5. The van der Waals surface area contributed by atoms with Gasteiger partial charge in [0.25, 0.3) is 0 Å². The van der Waals surface area contributed by atoms with Crippen molar-refractivity contribution in [3.05, 3.63) is 64.1 Å². The molecule has 2 aromatic rings. The number of likely N-dealkylation sites (N-methyl/N-ethyl adjacent to an activating group) is 1. The molecule has 0 saturated carbocycles. The van der Waals surface area contributed by atoms with Crippen LogP contribution >= 0.6 is 40.7 Å². The predicted octanol–water partition coefficient (Wildman–Crippen LogP) is 5.11. The highest BCUT2D eigenvalue weighted by Gasteiger charge is 2.14. The summed E-state index contributed by atoms with van der Waals surface area (Å²) in [7, 11) is 2.16. The van der Waals surface area contributed by atoms with Crippen molar-refractivity contribution in [2.75, 3.05) is 38.1 Å². The Morgan fingerprint density at radius 2 is 1.62 bits per heavy atom. The Morgan fingerprint density at radius 1 is 1.00 bits per heavy atom. The van der Waals surface area contributed by atoms with Crippen LogP contribution in [0.15, 0.2) is 53.0 Å². The van der Waals surface area contributed by atoms with E-state index < -0.39 is 0 Å². The smallest absolute Gasteiger partial charge is 0.0998 e. The van der Waals surface area contributed by atoms with Gasteiger partial charge in [0.2, 0.25) is 0 Å². The summed E-state index contributed by atoms with van der Waals surface area (Å²) < 4.78 is 0.937. The highest BCUT2D eigenvalue weighted by atomic mass is 79.9. The van der Waals surface area contributed by atoms with Crippen molar-refractivity contribution < 1.29 is 0 Å². The van der Waals surface area contributed by atoms with Gasteiger partial charge in [-0.1, -0.05) is 46.3 Å². The molecule has 1 fully saturated rings. The molecule has 0 aromatic heterocycles. The van der Waals surface area contributed by atoms with Gasteiger partial charge in [0.15, 0.2) is 0 Å². The Morgan fingerprint density at radius 3 is 2.19 bits per heavy atom. The van der Waals surface area contributed by atoms with E-state index in [1.165, 1.54) is 5.69 Å². The van der Waals surface area contributed by atoms with Gasteiger partial charge in [0.1, 0.15) is 0 Å². The fourth-order valence-corrected chi connectivity index (χ4v) is 3.36. The fraction of sp³-hybridized carbons (Fsp3) is 0.250. The van der Waals surface area contributed by atoms with Crippen molar-refractivity contribution in [2.45, 2.75) is 0 Å². The molecule has 0 spiro atoms. The Hall–Kier alpha value is -1.51. The first-order valence-electron chi connectivity index (χ1n) is 8.07. The lowest BCUT2D eigenvalue weighted by Crippen LogP contribution is -2.44. The summed E-state index contributed by atoms with van der Waals surface area (Å²) in [6.07, 6.45) is 1.94. The molecule has 0 bridgehead atoms. The predicted molar refractivity (Wildman–Crippen MR) is 118 cm³/mol. The van der Waals surface area contributed by atoms with Crippen LogP contribution in [0.3, 0.4) is 0 Å². The lowest BCUT2D eigenvalue weighted by molar-refractivity contribution is 0.313. The van der Waals surface area contributed by atoms with E-state index in [1.54, 1.807) is 0 Å². The van der Waals surface area contributed by atoms with Crippen molar-refractivity contribution >= 4 is 58.1 Å². The van der Waals surface area contributed by atoms with Crippen molar-refractivity contribution in [1.29, 1.82) is 5.26 Å². The maximum Gasteiger partial charge on any atom is 0.0998 e. The summed E-state index contributed by atoms with van der Waals surface area (Å²) in [5.74, 6) is 0. The third-order valence-electron chi connectivity index (χ3n) is 4.36. The molecule has 2 aromatic carbocycles. The molecule has 0 amide bonds. The van der Waals surface area contributed by atoms with E-state index in [-0.39, 0.29) is 24.8 Å². The van der Waals surface area contributed by atoms with E-state index >= 15 is 0 Å². The van der Waals surface area contributed by atoms with Crippen LogP contribution in [0.1, 0.15) is 11.1 Å². The van der Waals surface area contributed by atoms with Gasteiger partial charge in [-0.3, -0.25) is 0 Å². The average Bonchev–Trinajstić information content (AvgIpc) is 2.62. The molecule has 0 aliphatic carbocycles. The second-order valence-corrected chi connectivity index (χ2v) is 6.89. The van der Waals surface area contributed by atoms with Gasteiger partial charge < -0.3 is 9.80 Å². The zero-order valence-electron chi connectivity index (χ0n) is 14.6. The third-order valence-corrected chi connectivity index (χ3v) is 5.05. The molecule has 0 N–H and O–H groups in total. The minimum absolute atomic E-state index is 0. The van der Waals surface area contributed by atoms with Gasteiger partial charge in [-0.05, 0) is 36.9 Å². The van der Waals surface area contributed by atoms with E-state index in [4.69, 9.17) is 0 Å². The van der Waals surface area contributed by atoms with E-state index in [0.717, 1.165) is 41.8 Å². The normalized spacial score (nSPS) is 14.8. The highest BCUT2D eigenvalue weighted by molar-refractivity contribution is 9.10. The van der Waals surface area contributed by atoms with Crippen molar-refractivity contribution in [3.8, 4) is 6.07 Å². The maximum absolute atomic E-state index is 9.50. The number of nitrogens with zero attached hydrogens (tertiary/aromatic N) is 3. The van der Waals surface area contributed by atoms with Gasteiger partial charge in [-0.2, -0.15) is 5.26 Å². The number of halogens is 3. The molecule has 0 atom stereocenters. The SMILES string of the molecule is CN1CCN(c2ccc(C=C(C#N)c3ccccc3Br)cc2)CC1.Cl.Cl. The summed E-state index contributed by atoms with van der Waals surface area (Å²) in [6.45, 7) is 4.32. The largest absolute Gasteiger partial charge is 0.369 e. The van der Waals surface area contributed by atoms with E-state index in [0.29, 0.717) is 5.57 Å². The number of rotatable bonds is 3. The number of hydrogen-bond acceptors (Lipinski definition) is 3. The molecule has 1 aliphatic rings. The Kier molecular flexibility index (Phi) is 9.18. The molecule has 26 heavy (non-hydrogen) atoms. The molecule has 3 rings (SSSR count). The third kappa shape index (κ3) is 5.49. The Labute approximate surface area is 176 Å². The quantitative estimate of drug-likeness (QED) is 0.476. The molecule has 0 unspecified atom stereocenters. The summed E-state index contributed by atoms with van der Waals surface area (Å²) in [5, 5.41) is 9.50. The fourth-order valence-electron chi connectivity index (χ4n) is 2.86.